The lowest BCUT2D eigenvalue weighted by molar-refractivity contribution is 1.17. The van der Waals surface area contributed by atoms with Crippen LogP contribution in [0.4, 0.5) is 0 Å². The normalized spacial score (nSPS) is 11.7. The number of fused-ring (bicyclic) bond motifs is 16. The number of para-hydroxylation sites is 6. The Balaban J connectivity index is 0.000000140. The highest BCUT2D eigenvalue weighted by Crippen LogP contribution is 2.47. The Morgan fingerprint density at radius 3 is 0.992 bits per heavy atom. The molecule has 0 bridgehead atoms. The fraction of sp³-hybridized carbons (Fsp3) is 0. The van der Waals surface area contributed by atoms with Crippen LogP contribution in [0.25, 0.3) is 222 Å². The smallest absolute Gasteiger partial charge is 0.160 e. The number of hydrogen-bond acceptors (Lipinski definition) is 4. The Bertz CT molecular complexity index is 8130. The summed E-state index contributed by atoms with van der Waals surface area (Å²) < 4.78 is 9.68. The van der Waals surface area contributed by atoms with E-state index in [2.05, 4.69) is 431 Å². The fourth-order valence-electron chi connectivity index (χ4n) is 18.4. The highest BCUT2D eigenvalue weighted by molar-refractivity contribution is 6.30. The first-order chi connectivity index (χ1) is 59.5. The molecule has 0 aliphatic heterocycles. The van der Waals surface area contributed by atoms with Crippen molar-refractivity contribution in [2.24, 2.45) is 0 Å². The molecule has 8 nitrogen and oxygen atoms in total. The van der Waals surface area contributed by atoms with Crippen molar-refractivity contribution in [2.75, 3.05) is 0 Å². The lowest BCUT2D eigenvalue weighted by Gasteiger charge is -2.14. The van der Waals surface area contributed by atoms with E-state index in [9.17, 15) is 0 Å². The molecule has 0 N–H and O–H groups in total. The van der Waals surface area contributed by atoms with Gasteiger partial charge in [0.1, 0.15) is 0 Å². The lowest BCUT2D eigenvalue weighted by Crippen LogP contribution is -1.98. The Hall–Kier alpha value is -16.2. The zero-order chi connectivity index (χ0) is 79.1. The minimum Gasteiger partial charge on any atom is -0.309 e. The Morgan fingerprint density at radius 2 is 0.500 bits per heavy atom. The average molecular weight is 1530 g/mol. The van der Waals surface area contributed by atoms with E-state index in [1.54, 1.807) is 0 Å². The number of nitrogens with zero attached hydrogens (tertiary/aromatic N) is 8. The largest absolute Gasteiger partial charge is 0.309 e. The first-order valence-electron chi connectivity index (χ1n) is 40.8. The summed E-state index contributed by atoms with van der Waals surface area (Å²) in [4.78, 5) is 20.9. The molecule has 0 spiro atoms. The highest BCUT2D eigenvalue weighted by Gasteiger charge is 2.25. The summed E-state index contributed by atoms with van der Waals surface area (Å²) in [5, 5.41) is 14.6. The van der Waals surface area contributed by atoms with Gasteiger partial charge in [-0.05, 0) is 160 Å². The van der Waals surface area contributed by atoms with Crippen LogP contribution in [0.15, 0.2) is 437 Å². The minimum atomic E-state index is 0.692. The van der Waals surface area contributed by atoms with Gasteiger partial charge in [0, 0.05) is 98.9 Å². The molecule has 18 aromatic carbocycles. The quantitative estimate of drug-likeness (QED) is 0.122. The molecule has 0 radical (unpaired) electrons. The average Bonchev–Trinajstić information content (AvgIpc) is 1.55. The number of rotatable bonds is 12. The standard InChI is InChI=1S/2C56H36N4/c1-4-16-37(17-5-1)39-20-14-22-41(34-39)48-36-49(58-56(57-48)38-18-6-2-7-19-38)45-27-15-21-40-35-43(30-31-44(40)45)60-51-29-13-11-26-47(51)55-53(60)33-32-52-54(55)46-25-10-12-28-50(46)59(52)42-23-8-3-9-24-42;1-4-16-37(17-5-1)39-20-14-22-41(34-39)48-36-47(38-18-6-2-7-19-38)57-56(58-48)42-30-31-44-40(35-42)21-15-29-49(44)60-51-28-13-11-26-46(51)55-53(60)33-32-52-54(55)45-25-10-12-27-50(45)59(52)43-23-8-3-9-24-43/h2*1-36H. The number of hydrogen-bond donors (Lipinski definition) is 0. The Labute approximate surface area is 692 Å². The van der Waals surface area contributed by atoms with Crippen LogP contribution in [-0.4, -0.2) is 38.2 Å². The van der Waals surface area contributed by atoms with Crippen LogP contribution < -0.4 is 0 Å². The van der Waals surface area contributed by atoms with Crippen LogP contribution in [0.1, 0.15) is 0 Å². The summed E-state index contributed by atoms with van der Waals surface area (Å²) in [5.41, 5.74) is 28.4. The van der Waals surface area contributed by atoms with Gasteiger partial charge in [0.15, 0.2) is 11.6 Å². The predicted octanol–water partition coefficient (Wildman–Crippen LogP) is 29.0. The molecule has 0 fully saturated rings. The van der Waals surface area contributed by atoms with Crippen LogP contribution in [0.3, 0.4) is 0 Å². The second kappa shape index (κ2) is 29.0. The van der Waals surface area contributed by atoms with Crippen molar-refractivity contribution in [2.45, 2.75) is 0 Å². The van der Waals surface area contributed by atoms with Crippen molar-refractivity contribution in [1.29, 1.82) is 0 Å². The van der Waals surface area contributed by atoms with Gasteiger partial charge in [0.05, 0.1) is 72.6 Å². The van der Waals surface area contributed by atoms with Crippen molar-refractivity contribution in [3.63, 3.8) is 0 Å². The van der Waals surface area contributed by atoms with Crippen LogP contribution in [0, 0.1) is 0 Å². The van der Waals surface area contributed by atoms with E-state index in [-0.39, 0.29) is 0 Å². The van der Waals surface area contributed by atoms with E-state index in [4.69, 9.17) is 19.9 Å². The highest BCUT2D eigenvalue weighted by atomic mass is 15.0. The third kappa shape index (κ3) is 11.8. The summed E-state index contributed by atoms with van der Waals surface area (Å²) in [6.45, 7) is 0. The van der Waals surface area contributed by atoms with Crippen molar-refractivity contribution in [1.82, 2.24) is 38.2 Å². The van der Waals surface area contributed by atoms with Gasteiger partial charge < -0.3 is 18.3 Å². The summed E-state index contributed by atoms with van der Waals surface area (Å²) in [6, 6.07) is 156. The first-order valence-corrected chi connectivity index (χ1v) is 40.8. The maximum Gasteiger partial charge on any atom is 0.160 e. The maximum atomic E-state index is 5.25. The fourth-order valence-corrected chi connectivity index (χ4v) is 18.4. The van der Waals surface area contributed by atoms with E-state index in [0.717, 1.165) is 112 Å². The first kappa shape index (κ1) is 69.4. The van der Waals surface area contributed by atoms with E-state index >= 15 is 0 Å². The molecular formula is C112H72N8. The van der Waals surface area contributed by atoms with Gasteiger partial charge in [-0.3, -0.25) is 0 Å². The van der Waals surface area contributed by atoms with E-state index in [1.165, 1.54) is 98.4 Å². The molecular weight excluding hydrogens is 1460 g/mol. The van der Waals surface area contributed by atoms with E-state index in [1.807, 2.05) is 24.3 Å². The number of benzene rings is 18. The van der Waals surface area contributed by atoms with Crippen molar-refractivity contribution >= 4 is 109 Å². The molecule has 6 aromatic heterocycles. The molecule has 6 heterocycles. The molecule has 24 aromatic rings. The third-order valence-corrected chi connectivity index (χ3v) is 23.8. The van der Waals surface area contributed by atoms with Gasteiger partial charge in [-0.25, -0.2) is 19.9 Å². The van der Waals surface area contributed by atoms with Crippen molar-refractivity contribution < 1.29 is 0 Å². The number of aromatic nitrogens is 8. The van der Waals surface area contributed by atoms with Gasteiger partial charge in [0.25, 0.3) is 0 Å². The van der Waals surface area contributed by atoms with Crippen LogP contribution in [0.2, 0.25) is 0 Å². The Kier molecular flexibility index (Phi) is 16.7. The molecule has 0 saturated carbocycles. The van der Waals surface area contributed by atoms with Crippen LogP contribution >= 0.6 is 0 Å². The molecule has 0 amide bonds. The molecule has 120 heavy (non-hydrogen) atoms. The molecule has 0 unspecified atom stereocenters. The molecule has 24 rings (SSSR count). The maximum absolute atomic E-state index is 5.25. The van der Waals surface area contributed by atoms with Crippen LogP contribution in [0.5, 0.6) is 0 Å². The topological polar surface area (TPSA) is 71.3 Å². The molecule has 0 aliphatic carbocycles. The monoisotopic (exact) mass is 1530 g/mol. The molecule has 0 aliphatic rings. The van der Waals surface area contributed by atoms with E-state index < -0.39 is 0 Å². The van der Waals surface area contributed by atoms with Gasteiger partial charge in [-0.1, -0.05) is 315 Å². The summed E-state index contributed by atoms with van der Waals surface area (Å²) in [5.74, 6) is 1.39. The van der Waals surface area contributed by atoms with E-state index in [0.29, 0.717) is 11.6 Å². The summed E-state index contributed by atoms with van der Waals surface area (Å²) >= 11 is 0. The SMILES string of the molecule is c1ccc(-c2cccc(-c3cc(-c4cccc5cc(-n6c7ccccc7c7c8c9ccccc9n(-c9ccccc9)c8ccc76)ccc45)nc(-c4ccccc4)n3)c2)cc1.c1ccc(-c2cccc(-c3cc(-c4ccccc4)nc(-c4ccc5c(-n6c7ccccc7c7c8c9ccccc9n(-c9ccccc9)c8ccc76)cccc5c4)n3)c2)cc1. The molecule has 8 heteroatoms. The van der Waals surface area contributed by atoms with Gasteiger partial charge in [-0.2, -0.15) is 0 Å². The minimum absolute atomic E-state index is 0.692. The lowest BCUT2D eigenvalue weighted by atomic mass is 9.98. The summed E-state index contributed by atoms with van der Waals surface area (Å²) in [6.07, 6.45) is 0. The predicted molar refractivity (Wildman–Crippen MR) is 500 cm³/mol. The zero-order valence-corrected chi connectivity index (χ0v) is 65.1. The van der Waals surface area contributed by atoms with Gasteiger partial charge in [0.2, 0.25) is 0 Å². The second-order valence-electron chi connectivity index (χ2n) is 30.8. The van der Waals surface area contributed by atoms with Crippen LogP contribution in [-0.2, 0) is 0 Å². The molecule has 560 valence electrons. The molecule has 0 saturated heterocycles. The zero-order valence-electron chi connectivity index (χ0n) is 65.1. The van der Waals surface area contributed by atoms with Crippen molar-refractivity contribution in [3.8, 4) is 113 Å². The second-order valence-corrected chi connectivity index (χ2v) is 30.8. The summed E-state index contributed by atoms with van der Waals surface area (Å²) in [7, 11) is 0. The Morgan fingerprint density at radius 1 is 0.158 bits per heavy atom. The third-order valence-electron chi connectivity index (χ3n) is 23.8. The van der Waals surface area contributed by atoms with Gasteiger partial charge in [-0.15, -0.1) is 0 Å². The molecule has 0 atom stereocenters. The van der Waals surface area contributed by atoms with Gasteiger partial charge >= 0.3 is 0 Å². The van der Waals surface area contributed by atoms with Crippen molar-refractivity contribution in [3.05, 3.63) is 437 Å².